The molecule has 0 radical (unpaired) electrons. The normalized spacial score (nSPS) is 16.3. The van der Waals surface area contributed by atoms with E-state index >= 15 is 0 Å². The zero-order valence-corrected chi connectivity index (χ0v) is 11.1. The number of fused-ring (bicyclic) bond motifs is 3. The van der Waals surface area contributed by atoms with Gasteiger partial charge in [0.05, 0.1) is 12.7 Å². The number of carbonyl (C=O) groups is 1. The number of rotatable bonds is 1. The lowest BCUT2D eigenvalue weighted by Gasteiger charge is -2.12. The van der Waals surface area contributed by atoms with Gasteiger partial charge in [-0.15, -0.1) is 0 Å². The lowest BCUT2D eigenvalue weighted by Crippen LogP contribution is -2.13. The molecule has 0 saturated carbocycles. The molecule has 0 aliphatic heterocycles. The van der Waals surface area contributed by atoms with Crippen LogP contribution in [0.4, 0.5) is 13.2 Å². The SMILES string of the molecule is COC(=O)C1c2ccccc2-c2cc(C(F)(F)F)ccc21. The molecule has 3 rings (SSSR count). The summed E-state index contributed by atoms with van der Waals surface area (Å²) in [6.45, 7) is 0. The maximum atomic E-state index is 12.9. The molecule has 2 aromatic rings. The fraction of sp³-hybridized carbons (Fsp3) is 0.188. The van der Waals surface area contributed by atoms with Gasteiger partial charge in [-0.3, -0.25) is 4.79 Å². The molecule has 0 heterocycles. The van der Waals surface area contributed by atoms with Gasteiger partial charge in [0.1, 0.15) is 5.92 Å². The molecule has 0 amide bonds. The molecule has 1 atom stereocenters. The van der Waals surface area contributed by atoms with Crippen molar-refractivity contribution in [3.8, 4) is 11.1 Å². The van der Waals surface area contributed by atoms with Gasteiger partial charge in [0, 0.05) is 0 Å². The highest BCUT2D eigenvalue weighted by molar-refractivity contribution is 5.93. The van der Waals surface area contributed by atoms with Crippen LogP contribution in [0.5, 0.6) is 0 Å². The lowest BCUT2D eigenvalue weighted by molar-refractivity contribution is -0.141. The summed E-state index contributed by atoms with van der Waals surface area (Å²) in [6, 6.07) is 10.4. The van der Waals surface area contributed by atoms with E-state index in [1.807, 2.05) is 0 Å². The Hall–Kier alpha value is -2.30. The molecule has 0 aromatic heterocycles. The topological polar surface area (TPSA) is 26.3 Å². The molecule has 1 unspecified atom stereocenters. The highest BCUT2D eigenvalue weighted by Gasteiger charge is 2.37. The molecule has 0 spiro atoms. The van der Waals surface area contributed by atoms with Crippen molar-refractivity contribution in [1.29, 1.82) is 0 Å². The van der Waals surface area contributed by atoms with Gasteiger partial charge in [-0.2, -0.15) is 13.2 Å². The molecule has 5 heteroatoms. The van der Waals surface area contributed by atoms with Crippen LogP contribution in [0.1, 0.15) is 22.6 Å². The maximum absolute atomic E-state index is 12.9. The number of halogens is 3. The number of benzene rings is 2. The maximum Gasteiger partial charge on any atom is 0.416 e. The summed E-state index contributed by atoms with van der Waals surface area (Å²) < 4.78 is 43.4. The van der Waals surface area contributed by atoms with Crippen molar-refractivity contribution in [2.75, 3.05) is 7.11 Å². The van der Waals surface area contributed by atoms with Crippen LogP contribution in [0.15, 0.2) is 42.5 Å². The fourth-order valence-electron chi connectivity index (χ4n) is 2.75. The van der Waals surface area contributed by atoms with Crippen LogP contribution in [0.2, 0.25) is 0 Å². The first-order valence-corrected chi connectivity index (χ1v) is 6.31. The van der Waals surface area contributed by atoms with Gasteiger partial charge in [0.15, 0.2) is 0 Å². The van der Waals surface area contributed by atoms with E-state index < -0.39 is 23.6 Å². The summed E-state index contributed by atoms with van der Waals surface area (Å²) in [5.74, 6) is -1.13. The Labute approximate surface area is 119 Å². The summed E-state index contributed by atoms with van der Waals surface area (Å²) in [5, 5.41) is 0. The van der Waals surface area contributed by atoms with Gasteiger partial charge in [-0.1, -0.05) is 30.3 Å². The second kappa shape index (κ2) is 4.62. The Morgan fingerprint density at radius 2 is 1.71 bits per heavy atom. The van der Waals surface area contributed by atoms with Crippen molar-refractivity contribution in [1.82, 2.24) is 0 Å². The van der Waals surface area contributed by atoms with Crippen LogP contribution in [-0.2, 0) is 15.7 Å². The summed E-state index contributed by atoms with van der Waals surface area (Å²) in [7, 11) is 1.27. The summed E-state index contributed by atoms with van der Waals surface area (Å²) in [4.78, 5) is 12.0. The van der Waals surface area contributed by atoms with E-state index in [2.05, 4.69) is 0 Å². The van der Waals surface area contributed by atoms with Crippen molar-refractivity contribution in [2.24, 2.45) is 0 Å². The lowest BCUT2D eigenvalue weighted by atomic mass is 9.96. The third-order valence-corrected chi connectivity index (χ3v) is 3.69. The van der Waals surface area contributed by atoms with Gasteiger partial charge >= 0.3 is 12.1 Å². The Bertz CT molecular complexity index is 720. The van der Waals surface area contributed by atoms with Crippen LogP contribution in [0, 0.1) is 0 Å². The number of esters is 1. The average molecular weight is 292 g/mol. The molecule has 108 valence electrons. The second-order valence-corrected chi connectivity index (χ2v) is 4.84. The molecule has 0 saturated heterocycles. The first-order valence-electron chi connectivity index (χ1n) is 6.31. The van der Waals surface area contributed by atoms with E-state index in [0.29, 0.717) is 22.3 Å². The van der Waals surface area contributed by atoms with Gasteiger partial charge in [-0.05, 0) is 34.4 Å². The van der Waals surface area contributed by atoms with E-state index in [1.165, 1.54) is 13.2 Å². The van der Waals surface area contributed by atoms with Gasteiger partial charge in [-0.25, -0.2) is 0 Å². The van der Waals surface area contributed by atoms with Crippen molar-refractivity contribution in [3.63, 3.8) is 0 Å². The number of ether oxygens (including phenoxy) is 1. The van der Waals surface area contributed by atoms with Crippen LogP contribution in [-0.4, -0.2) is 13.1 Å². The molecular weight excluding hydrogens is 281 g/mol. The Balaban J connectivity index is 2.23. The monoisotopic (exact) mass is 292 g/mol. The second-order valence-electron chi connectivity index (χ2n) is 4.84. The Kier molecular flexibility index (Phi) is 3.01. The number of alkyl halides is 3. The third kappa shape index (κ3) is 2.09. The summed E-state index contributed by atoms with van der Waals surface area (Å²) >= 11 is 0. The molecule has 1 aliphatic rings. The van der Waals surface area contributed by atoms with E-state index in [0.717, 1.165) is 12.1 Å². The molecule has 1 aliphatic carbocycles. The molecule has 21 heavy (non-hydrogen) atoms. The van der Waals surface area contributed by atoms with E-state index in [4.69, 9.17) is 4.74 Å². The first kappa shape index (κ1) is 13.7. The molecule has 0 N–H and O–H groups in total. The quantitative estimate of drug-likeness (QED) is 0.743. The van der Waals surface area contributed by atoms with Gasteiger partial charge < -0.3 is 4.74 Å². The summed E-state index contributed by atoms with van der Waals surface area (Å²) in [6.07, 6.45) is -4.41. The van der Waals surface area contributed by atoms with Crippen LogP contribution in [0.25, 0.3) is 11.1 Å². The minimum Gasteiger partial charge on any atom is -0.468 e. The number of hydrogen-bond acceptors (Lipinski definition) is 2. The van der Waals surface area contributed by atoms with E-state index in [9.17, 15) is 18.0 Å². The van der Waals surface area contributed by atoms with Gasteiger partial charge in [0.2, 0.25) is 0 Å². The number of methoxy groups -OCH3 is 1. The zero-order chi connectivity index (χ0) is 15.2. The predicted octanol–water partition coefficient (Wildman–Crippen LogP) is 3.99. The first-order chi connectivity index (χ1) is 9.93. The third-order valence-electron chi connectivity index (χ3n) is 3.69. The van der Waals surface area contributed by atoms with Crippen molar-refractivity contribution < 1.29 is 22.7 Å². The minimum absolute atomic E-state index is 0.441. The van der Waals surface area contributed by atoms with Gasteiger partial charge in [0.25, 0.3) is 0 Å². The van der Waals surface area contributed by atoms with Crippen molar-refractivity contribution in [2.45, 2.75) is 12.1 Å². The smallest absolute Gasteiger partial charge is 0.416 e. The van der Waals surface area contributed by atoms with Crippen LogP contribution >= 0.6 is 0 Å². The minimum atomic E-state index is -4.41. The van der Waals surface area contributed by atoms with E-state index in [-0.39, 0.29) is 0 Å². The molecular formula is C16H11F3O2. The number of hydrogen-bond donors (Lipinski definition) is 0. The van der Waals surface area contributed by atoms with Crippen molar-refractivity contribution >= 4 is 5.97 Å². The zero-order valence-electron chi connectivity index (χ0n) is 11.1. The molecule has 0 bridgehead atoms. The Morgan fingerprint density at radius 1 is 1.05 bits per heavy atom. The largest absolute Gasteiger partial charge is 0.468 e. The molecule has 2 aromatic carbocycles. The molecule has 0 fully saturated rings. The standard InChI is InChI=1S/C16H11F3O2/c1-21-15(20)14-11-5-3-2-4-10(11)13-8-9(16(17,18)19)6-7-12(13)14/h2-8,14H,1H3. The fourth-order valence-corrected chi connectivity index (χ4v) is 2.75. The highest BCUT2D eigenvalue weighted by Crippen LogP contribution is 2.46. The Morgan fingerprint density at radius 3 is 2.38 bits per heavy atom. The van der Waals surface area contributed by atoms with Crippen molar-refractivity contribution in [3.05, 3.63) is 59.2 Å². The highest BCUT2D eigenvalue weighted by atomic mass is 19.4. The average Bonchev–Trinajstić information content (AvgIpc) is 2.79. The summed E-state index contributed by atoms with van der Waals surface area (Å²) in [5.41, 5.74) is 1.60. The van der Waals surface area contributed by atoms with Crippen LogP contribution in [0.3, 0.4) is 0 Å². The molecule has 2 nitrogen and oxygen atoms in total. The van der Waals surface area contributed by atoms with Crippen LogP contribution < -0.4 is 0 Å². The van der Waals surface area contributed by atoms with E-state index in [1.54, 1.807) is 24.3 Å². The number of carbonyl (C=O) groups excluding carboxylic acids is 1. The predicted molar refractivity (Wildman–Crippen MR) is 70.7 cm³/mol.